The number of carbonyl (C=O) groups excluding carboxylic acids is 2. The fourth-order valence-electron chi connectivity index (χ4n) is 2.96. The van der Waals surface area contributed by atoms with E-state index in [4.69, 9.17) is 0 Å². The maximum atomic E-state index is 13.8. The second-order valence-electron chi connectivity index (χ2n) is 6.05. The molecule has 0 spiro atoms. The minimum Gasteiger partial charge on any atom is -0.367 e. The molecule has 0 unspecified atom stereocenters. The van der Waals surface area contributed by atoms with Crippen LogP contribution in [0, 0.1) is 11.6 Å². The van der Waals surface area contributed by atoms with E-state index in [1.807, 2.05) is 6.07 Å². The van der Waals surface area contributed by atoms with Gasteiger partial charge in [-0.05, 0) is 30.2 Å². The topological polar surface area (TPSA) is 56.4 Å². The lowest BCUT2D eigenvalue weighted by molar-refractivity contribution is -0.130. The van der Waals surface area contributed by atoms with Crippen molar-refractivity contribution in [3.63, 3.8) is 0 Å². The zero-order chi connectivity index (χ0) is 17.8. The largest absolute Gasteiger partial charge is 0.367 e. The van der Waals surface area contributed by atoms with Gasteiger partial charge in [-0.2, -0.15) is 0 Å². The Morgan fingerprint density at radius 2 is 1.80 bits per heavy atom. The summed E-state index contributed by atoms with van der Waals surface area (Å²) in [6, 6.07) is 4.79. The third kappa shape index (κ3) is 4.04. The number of carbonyl (C=O) groups is 2. The summed E-state index contributed by atoms with van der Waals surface area (Å²) in [5, 5.41) is 0. The molecule has 2 heterocycles. The molecule has 0 aliphatic carbocycles. The highest BCUT2D eigenvalue weighted by molar-refractivity contribution is 5.94. The first-order valence-corrected chi connectivity index (χ1v) is 8.18. The molecule has 1 saturated heterocycles. The molecule has 1 aliphatic rings. The highest BCUT2D eigenvalue weighted by Gasteiger charge is 2.24. The minimum absolute atomic E-state index is 0.00172. The van der Waals surface area contributed by atoms with Crippen molar-refractivity contribution in [2.75, 3.05) is 26.2 Å². The van der Waals surface area contributed by atoms with Crippen molar-refractivity contribution < 1.29 is 18.4 Å². The van der Waals surface area contributed by atoms with Crippen LogP contribution < -0.4 is 0 Å². The molecule has 2 aromatic rings. The molecule has 2 amide bonds. The molecule has 132 valence electrons. The van der Waals surface area contributed by atoms with E-state index < -0.39 is 17.5 Å². The van der Waals surface area contributed by atoms with Crippen molar-refractivity contribution in [1.82, 2.24) is 14.8 Å². The Labute approximate surface area is 144 Å². The summed E-state index contributed by atoms with van der Waals surface area (Å²) in [5.41, 5.74) is 0.768. The monoisotopic (exact) mass is 347 g/mol. The second kappa shape index (κ2) is 7.46. The van der Waals surface area contributed by atoms with E-state index in [1.165, 1.54) is 4.90 Å². The lowest BCUT2D eigenvalue weighted by Gasteiger charge is -2.22. The molecule has 1 N–H and O–H groups in total. The molecule has 0 bridgehead atoms. The molecule has 1 fully saturated rings. The van der Waals surface area contributed by atoms with Crippen molar-refractivity contribution in [2.24, 2.45) is 0 Å². The maximum Gasteiger partial charge on any atom is 0.256 e. The molecular formula is C18H19F2N3O2. The maximum absolute atomic E-state index is 13.8. The number of rotatable bonds is 3. The first-order chi connectivity index (χ1) is 12.0. The van der Waals surface area contributed by atoms with Gasteiger partial charge >= 0.3 is 0 Å². The minimum atomic E-state index is -0.866. The quantitative estimate of drug-likeness (QED) is 0.926. The third-order valence-electron chi connectivity index (χ3n) is 4.32. The van der Waals surface area contributed by atoms with Gasteiger partial charge in [0.2, 0.25) is 5.91 Å². The molecule has 0 radical (unpaired) electrons. The molecule has 1 aliphatic heterocycles. The summed E-state index contributed by atoms with van der Waals surface area (Å²) >= 11 is 0. The van der Waals surface area contributed by atoms with E-state index in [0.29, 0.717) is 45.1 Å². The zero-order valence-corrected chi connectivity index (χ0v) is 13.7. The van der Waals surface area contributed by atoms with E-state index in [0.717, 1.165) is 17.7 Å². The molecule has 1 aromatic heterocycles. The van der Waals surface area contributed by atoms with Crippen LogP contribution in [0.4, 0.5) is 8.78 Å². The van der Waals surface area contributed by atoms with Gasteiger partial charge in [-0.15, -0.1) is 0 Å². The first-order valence-electron chi connectivity index (χ1n) is 8.18. The fourth-order valence-corrected chi connectivity index (χ4v) is 2.96. The summed E-state index contributed by atoms with van der Waals surface area (Å²) in [6.07, 6.45) is 4.48. The Bertz CT molecular complexity index is 762. The van der Waals surface area contributed by atoms with Gasteiger partial charge in [-0.3, -0.25) is 9.59 Å². The number of nitrogens with zero attached hydrogens (tertiary/aromatic N) is 2. The number of H-pyrrole nitrogens is 1. The van der Waals surface area contributed by atoms with Crippen molar-refractivity contribution in [2.45, 2.75) is 12.8 Å². The fraction of sp³-hybridized carbons (Fsp3) is 0.333. The van der Waals surface area contributed by atoms with E-state index >= 15 is 0 Å². The number of aromatic nitrogens is 1. The average Bonchev–Trinajstić information content (AvgIpc) is 2.95. The molecule has 0 saturated carbocycles. The molecule has 1 aromatic carbocycles. The zero-order valence-electron chi connectivity index (χ0n) is 13.7. The summed E-state index contributed by atoms with van der Waals surface area (Å²) in [7, 11) is 0. The normalized spacial score (nSPS) is 15.1. The van der Waals surface area contributed by atoms with Crippen LogP contribution in [0.15, 0.2) is 36.7 Å². The van der Waals surface area contributed by atoms with Crippen LogP contribution in [-0.4, -0.2) is 52.8 Å². The Morgan fingerprint density at radius 3 is 2.52 bits per heavy atom. The van der Waals surface area contributed by atoms with E-state index in [2.05, 4.69) is 4.98 Å². The third-order valence-corrected chi connectivity index (χ3v) is 4.32. The van der Waals surface area contributed by atoms with Crippen LogP contribution in [0.5, 0.6) is 0 Å². The van der Waals surface area contributed by atoms with E-state index in [-0.39, 0.29) is 11.5 Å². The van der Waals surface area contributed by atoms with Gasteiger partial charge in [0.05, 0.1) is 12.0 Å². The number of benzene rings is 1. The Kier molecular flexibility index (Phi) is 5.11. The van der Waals surface area contributed by atoms with Crippen molar-refractivity contribution in [1.29, 1.82) is 0 Å². The predicted molar refractivity (Wildman–Crippen MR) is 88.0 cm³/mol. The number of nitrogens with one attached hydrogen (secondary N) is 1. The van der Waals surface area contributed by atoms with Gasteiger partial charge in [-0.1, -0.05) is 0 Å². The van der Waals surface area contributed by atoms with Gasteiger partial charge < -0.3 is 14.8 Å². The van der Waals surface area contributed by atoms with E-state index in [9.17, 15) is 18.4 Å². The Balaban J connectivity index is 1.63. The van der Waals surface area contributed by atoms with Crippen LogP contribution in [-0.2, 0) is 11.2 Å². The molecule has 5 nitrogen and oxygen atoms in total. The highest BCUT2D eigenvalue weighted by atomic mass is 19.1. The van der Waals surface area contributed by atoms with Crippen LogP contribution in [0.25, 0.3) is 0 Å². The SMILES string of the molecule is O=C(Cc1cc[nH]c1)N1CCCN(C(=O)c2ccc(F)cc2F)CC1. The van der Waals surface area contributed by atoms with Gasteiger partial charge in [-0.25, -0.2) is 8.78 Å². The standard InChI is InChI=1S/C18H19F2N3O2/c19-14-2-3-15(16(20)11-14)18(25)23-7-1-6-22(8-9-23)17(24)10-13-4-5-21-12-13/h2-5,11-12,21H,1,6-10H2. The van der Waals surface area contributed by atoms with Crippen molar-refractivity contribution in [3.05, 3.63) is 59.4 Å². The number of hydrogen-bond acceptors (Lipinski definition) is 2. The molecular weight excluding hydrogens is 328 g/mol. The highest BCUT2D eigenvalue weighted by Crippen LogP contribution is 2.15. The van der Waals surface area contributed by atoms with Gasteiger partial charge in [0.1, 0.15) is 11.6 Å². The van der Waals surface area contributed by atoms with Gasteiger partial charge in [0.15, 0.2) is 0 Å². The van der Waals surface area contributed by atoms with Crippen LogP contribution in [0.3, 0.4) is 0 Å². The van der Waals surface area contributed by atoms with Gasteiger partial charge in [0.25, 0.3) is 5.91 Å². The Hall–Kier alpha value is -2.70. The summed E-state index contributed by atoms with van der Waals surface area (Å²) in [4.78, 5) is 31.0. The predicted octanol–water partition coefficient (Wildman–Crippen LogP) is 2.21. The van der Waals surface area contributed by atoms with Crippen molar-refractivity contribution >= 4 is 11.8 Å². The molecule has 3 rings (SSSR count). The second-order valence-corrected chi connectivity index (χ2v) is 6.05. The van der Waals surface area contributed by atoms with Crippen LogP contribution >= 0.6 is 0 Å². The van der Waals surface area contributed by atoms with Gasteiger partial charge in [0, 0.05) is 44.6 Å². The number of halogens is 2. The Morgan fingerprint density at radius 1 is 1.04 bits per heavy atom. The smallest absolute Gasteiger partial charge is 0.256 e. The number of aromatic amines is 1. The lowest BCUT2D eigenvalue weighted by Crippen LogP contribution is -2.38. The van der Waals surface area contributed by atoms with E-state index in [1.54, 1.807) is 17.3 Å². The first kappa shape index (κ1) is 17.1. The van der Waals surface area contributed by atoms with Crippen molar-refractivity contribution in [3.8, 4) is 0 Å². The summed E-state index contributed by atoms with van der Waals surface area (Å²) in [5.74, 6) is -2.06. The number of hydrogen-bond donors (Lipinski definition) is 1. The molecule has 7 heteroatoms. The average molecular weight is 347 g/mol. The summed E-state index contributed by atoms with van der Waals surface area (Å²) in [6.45, 7) is 1.72. The van der Waals surface area contributed by atoms with Crippen LogP contribution in [0.1, 0.15) is 22.3 Å². The lowest BCUT2D eigenvalue weighted by atomic mass is 10.1. The van der Waals surface area contributed by atoms with Crippen LogP contribution in [0.2, 0.25) is 0 Å². The summed E-state index contributed by atoms with van der Waals surface area (Å²) < 4.78 is 26.8. The molecule has 0 atom stereocenters. The number of amides is 2. The molecule has 25 heavy (non-hydrogen) atoms.